The number of unbranched alkanes of at least 4 members (excludes halogenated alkanes) is 2. The maximum Gasteiger partial charge on any atom is 0.127 e. The first-order chi connectivity index (χ1) is 11.4. The van der Waals surface area contributed by atoms with Crippen LogP contribution in [0.2, 0.25) is 0 Å². The summed E-state index contributed by atoms with van der Waals surface area (Å²) in [6.45, 7) is 6.25. The maximum absolute atomic E-state index is 12.2. The fraction of sp³-hybridized carbons (Fsp3) is 0.619. The molecule has 0 saturated heterocycles. The highest BCUT2D eigenvalue weighted by Crippen LogP contribution is 2.54. The standard InChI is InChI=1S/C21H29FO2/c1-14-8-9-17-16(11-14)20-18(23)12-15(7-5-4-6-10-22)13-19(20)24-21(17,2)3/h8,12-13,16-17,23H,4-7,9-11H2,1-3H3/t16-,17-/m1/s1. The highest BCUT2D eigenvalue weighted by molar-refractivity contribution is 5.52. The normalized spacial score (nSPS) is 24.6. The van der Waals surface area contributed by atoms with Crippen LogP contribution in [0.25, 0.3) is 0 Å². The highest BCUT2D eigenvalue weighted by Gasteiger charge is 2.45. The van der Waals surface area contributed by atoms with E-state index in [4.69, 9.17) is 4.74 Å². The van der Waals surface area contributed by atoms with Crippen molar-refractivity contribution in [3.05, 3.63) is 34.9 Å². The SMILES string of the molecule is CC1=CC[C@@H]2[C@@H](C1)c1c(O)cc(CCCCCF)cc1OC2(C)C. The van der Waals surface area contributed by atoms with Gasteiger partial charge < -0.3 is 9.84 Å². The van der Waals surface area contributed by atoms with Crippen molar-refractivity contribution in [1.82, 2.24) is 0 Å². The third-order valence-corrected chi connectivity index (χ3v) is 5.66. The molecule has 1 aromatic rings. The van der Waals surface area contributed by atoms with Gasteiger partial charge in [0.05, 0.1) is 6.67 Å². The van der Waals surface area contributed by atoms with E-state index in [0.29, 0.717) is 24.0 Å². The van der Waals surface area contributed by atoms with Gasteiger partial charge in [0, 0.05) is 17.4 Å². The van der Waals surface area contributed by atoms with E-state index in [1.807, 2.05) is 6.07 Å². The third-order valence-electron chi connectivity index (χ3n) is 5.66. The second-order valence-corrected chi connectivity index (χ2v) is 7.94. The van der Waals surface area contributed by atoms with Gasteiger partial charge in [-0.1, -0.05) is 18.1 Å². The summed E-state index contributed by atoms with van der Waals surface area (Å²) in [5.74, 6) is 1.94. The van der Waals surface area contributed by atoms with Gasteiger partial charge >= 0.3 is 0 Å². The van der Waals surface area contributed by atoms with E-state index < -0.39 is 0 Å². The Morgan fingerprint density at radius 1 is 1.25 bits per heavy atom. The molecule has 0 bridgehead atoms. The summed E-state index contributed by atoms with van der Waals surface area (Å²) < 4.78 is 18.5. The van der Waals surface area contributed by atoms with Gasteiger partial charge in [-0.25, -0.2) is 0 Å². The molecular formula is C21H29FO2. The van der Waals surface area contributed by atoms with Crippen LogP contribution < -0.4 is 4.74 Å². The van der Waals surface area contributed by atoms with Crippen molar-refractivity contribution in [2.75, 3.05) is 6.67 Å². The topological polar surface area (TPSA) is 29.5 Å². The number of aryl methyl sites for hydroxylation is 1. The Kier molecular flexibility index (Phi) is 4.89. The van der Waals surface area contributed by atoms with Crippen molar-refractivity contribution >= 4 is 0 Å². The van der Waals surface area contributed by atoms with Crippen molar-refractivity contribution in [3.8, 4) is 11.5 Å². The third kappa shape index (κ3) is 3.31. The van der Waals surface area contributed by atoms with E-state index in [1.165, 1.54) is 5.57 Å². The van der Waals surface area contributed by atoms with Gasteiger partial charge in [0.2, 0.25) is 0 Å². The molecule has 1 N–H and O–H groups in total. The molecular weight excluding hydrogens is 303 g/mol. The first kappa shape index (κ1) is 17.3. The van der Waals surface area contributed by atoms with Crippen LogP contribution in [0, 0.1) is 5.92 Å². The van der Waals surface area contributed by atoms with Crippen molar-refractivity contribution in [2.45, 2.75) is 70.8 Å². The number of alkyl halides is 1. The fourth-order valence-corrected chi connectivity index (χ4v) is 4.36. The zero-order chi connectivity index (χ0) is 17.3. The molecule has 0 unspecified atom stereocenters. The number of phenolic OH excluding ortho intramolecular Hbond substituents is 1. The van der Waals surface area contributed by atoms with Crippen LogP contribution in [0.3, 0.4) is 0 Å². The Morgan fingerprint density at radius 2 is 2.04 bits per heavy atom. The number of rotatable bonds is 5. The van der Waals surface area contributed by atoms with E-state index >= 15 is 0 Å². The van der Waals surface area contributed by atoms with E-state index in [9.17, 15) is 9.50 Å². The second-order valence-electron chi connectivity index (χ2n) is 7.94. The molecule has 2 aliphatic rings. The molecule has 0 amide bonds. The summed E-state index contributed by atoms with van der Waals surface area (Å²) in [7, 11) is 0. The molecule has 0 radical (unpaired) electrons. The molecule has 0 aromatic heterocycles. The Labute approximate surface area is 144 Å². The number of halogens is 1. The lowest BCUT2D eigenvalue weighted by Gasteiger charge is -2.47. The number of benzene rings is 1. The summed E-state index contributed by atoms with van der Waals surface area (Å²) in [5.41, 5.74) is 3.24. The van der Waals surface area contributed by atoms with Gasteiger partial charge in [0.15, 0.2) is 0 Å². The molecule has 2 nitrogen and oxygen atoms in total. The fourth-order valence-electron chi connectivity index (χ4n) is 4.36. The van der Waals surface area contributed by atoms with Crippen LogP contribution in [0.5, 0.6) is 11.5 Å². The maximum atomic E-state index is 12.2. The second kappa shape index (κ2) is 6.78. The van der Waals surface area contributed by atoms with Gasteiger partial charge in [-0.05, 0) is 70.6 Å². The monoisotopic (exact) mass is 332 g/mol. The minimum Gasteiger partial charge on any atom is -0.508 e. The van der Waals surface area contributed by atoms with Crippen molar-refractivity contribution in [1.29, 1.82) is 0 Å². The van der Waals surface area contributed by atoms with Gasteiger partial charge in [0.1, 0.15) is 17.1 Å². The lowest BCUT2D eigenvalue weighted by Crippen LogP contribution is -2.45. The number of hydrogen-bond acceptors (Lipinski definition) is 2. The largest absolute Gasteiger partial charge is 0.508 e. The van der Waals surface area contributed by atoms with Crippen molar-refractivity contribution in [2.24, 2.45) is 5.92 Å². The van der Waals surface area contributed by atoms with Crippen molar-refractivity contribution < 1.29 is 14.2 Å². The summed E-state index contributed by atoms with van der Waals surface area (Å²) in [6.07, 6.45) is 7.62. The van der Waals surface area contributed by atoms with Crippen LogP contribution in [-0.2, 0) is 6.42 Å². The van der Waals surface area contributed by atoms with E-state index in [0.717, 1.165) is 49.0 Å². The predicted molar refractivity (Wildman–Crippen MR) is 95.6 cm³/mol. The average Bonchev–Trinajstić information content (AvgIpc) is 2.50. The molecule has 1 heterocycles. The number of phenols is 1. The molecule has 0 spiro atoms. The van der Waals surface area contributed by atoms with Crippen LogP contribution in [0.4, 0.5) is 4.39 Å². The molecule has 3 rings (SSSR count). The van der Waals surface area contributed by atoms with Crippen LogP contribution >= 0.6 is 0 Å². The van der Waals surface area contributed by atoms with E-state index in [-0.39, 0.29) is 12.3 Å². The van der Waals surface area contributed by atoms with Gasteiger partial charge in [0.25, 0.3) is 0 Å². The zero-order valence-electron chi connectivity index (χ0n) is 15.1. The van der Waals surface area contributed by atoms with Crippen LogP contribution in [-0.4, -0.2) is 17.4 Å². The summed E-state index contributed by atoms with van der Waals surface area (Å²) in [5, 5.41) is 10.7. The van der Waals surface area contributed by atoms with Gasteiger partial charge in [-0.2, -0.15) is 0 Å². The minimum absolute atomic E-state index is 0.228. The summed E-state index contributed by atoms with van der Waals surface area (Å²) >= 11 is 0. The molecule has 1 aromatic carbocycles. The van der Waals surface area contributed by atoms with Crippen LogP contribution in [0.1, 0.15) is 69.9 Å². The number of hydrogen-bond donors (Lipinski definition) is 1. The number of fused-ring (bicyclic) bond motifs is 3. The van der Waals surface area contributed by atoms with E-state index in [2.05, 4.69) is 32.9 Å². The molecule has 0 fully saturated rings. The quantitative estimate of drug-likeness (QED) is 0.555. The molecule has 1 aliphatic heterocycles. The van der Waals surface area contributed by atoms with Crippen LogP contribution in [0.15, 0.2) is 23.8 Å². The Bertz CT molecular complexity index is 633. The first-order valence-corrected chi connectivity index (χ1v) is 9.19. The number of aromatic hydroxyl groups is 1. The van der Waals surface area contributed by atoms with E-state index in [1.54, 1.807) is 0 Å². The lowest BCUT2D eigenvalue weighted by atomic mass is 9.67. The molecule has 132 valence electrons. The summed E-state index contributed by atoms with van der Waals surface area (Å²) in [4.78, 5) is 0. The molecule has 1 aliphatic carbocycles. The lowest BCUT2D eigenvalue weighted by molar-refractivity contribution is 0.00753. The minimum atomic E-state index is -0.247. The predicted octanol–water partition coefficient (Wildman–Crippen LogP) is 5.69. The number of allylic oxidation sites excluding steroid dienone is 2. The molecule has 24 heavy (non-hydrogen) atoms. The first-order valence-electron chi connectivity index (χ1n) is 9.19. The smallest absolute Gasteiger partial charge is 0.127 e. The molecule has 2 atom stereocenters. The molecule has 0 saturated carbocycles. The number of ether oxygens (including phenoxy) is 1. The Hall–Kier alpha value is -1.51. The zero-order valence-corrected chi connectivity index (χ0v) is 15.1. The molecule has 3 heteroatoms. The van der Waals surface area contributed by atoms with Crippen molar-refractivity contribution in [3.63, 3.8) is 0 Å². The van der Waals surface area contributed by atoms with Gasteiger partial charge in [-0.15, -0.1) is 0 Å². The Morgan fingerprint density at radius 3 is 2.79 bits per heavy atom. The highest BCUT2D eigenvalue weighted by atomic mass is 19.1. The Balaban J connectivity index is 1.89. The summed E-state index contributed by atoms with van der Waals surface area (Å²) in [6, 6.07) is 3.98. The average molecular weight is 332 g/mol. The van der Waals surface area contributed by atoms with Gasteiger partial charge in [-0.3, -0.25) is 4.39 Å².